The Kier molecular flexibility index (Phi) is 4.86. The molecule has 6 heteroatoms. The molecule has 2 aromatic rings. The van der Waals surface area contributed by atoms with Crippen LogP contribution in [-0.2, 0) is 6.18 Å². The lowest BCUT2D eigenvalue weighted by Crippen LogP contribution is -2.07. The van der Waals surface area contributed by atoms with Crippen LogP contribution in [0.25, 0.3) is 11.3 Å². The van der Waals surface area contributed by atoms with Gasteiger partial charge in [0.15, 0.2) is 0 Å². The largest absolute Gasteiger partial charge is 0.433 e. The number of hydrogen-bond acceptors (Lipinski definition) is 3. The topological polar surface area (TPSA) is 51.8 Å². The zero-order valence-corrected chi connectivity index (χ0v) is 10.6. The van der Waals surface area contributed by atoms with Gasteiger partial charge in [-0.2, -0.15) is 13.2 Å². The fourth-order valence-electron chi connectivity index (χ4n) is 1.33. The van der Waals surface area contributed by atoms with E-state index in [1.54, 1.807) is 18.2 Å². The predicted octanol–water partition coefficient (Wildman–Crippen LogP) is 3.77. The summed E-state index contributed by atoms with van der Waals surface area (Å²) in [7, 11) is 0. The highest BCUT2D eigenvalue weighted by molar-refractivity contribution is 5.59. The van der Waals surface area contributed by atoms with Crippen molar-refractivity contribution in [2.24, 2.45) is 0 Å². The van der Waals surface area contributed by atoms with Crippen LogP contribution in [0.4, 0.5) is 19.0 Å². The number of aromatic nitrogens is 2. The van der Waals surface area contributed by atoms with Crippen molar-refractivity contribution in [3.8, 4) is 11.3 Å². The van der Waals surface area contributed by atoms with Crippen molar-refractivity contribution in [3.05, 3.63) is 42.2 Å². The first-order valence-corrected chi connectivity index (χ1v) is 5.73. The molecule has 0 aliphatic carbocycles. The first kappa shape index (κ1) is 14.9. The molecule has 0 fully saturated rings. The van der Waals surface area contributed by atoms with Gasteiger partial charge < -0.3 is 5.73 Å². The van der Waals surface area contributed by atoms with Crippen LogP contribution < -0.4 is 5.73 Å². The third-order valence-electron chi connectivity index (χ3n) is 2.12. The van der Waals surface area contributed by atoms with Crippen molar-refractivity contribution < 1.29 is 13.2 Å². The minimum absolute atomic E-state index is 0.308. The third kappa shape index (κ3) is 3.94. The number of nitrogens with two attached hydrogens (primary N) is 1. The predicted molar refractivity (Wildman–Crippen MR) is 68.2 cm³/mol. The summed E-state index contributed by atoms with van der Waals surface area (Å²) in [5, 5.41) is 0. The maximum absolute atomic E-state index is 12.3. The Bertz CT molecular complexity index is 521. The summed E-state index contributed by atoms with van der Waals surface area (Å²) < 4.78 is 36.9. The molecule has 0 atom stereocenters. The molecule has 0 unspecified atom stereocenters. The Morgan fingerprint density at radius 1 is 1.05 bits per heavy atom. The molecule has 0 bridgehead atoms. The van der Waals surface area contributed by atoms with Crippen LogP contribution in [0.15, 0.2) is 36.5 Å². The fourth-order valence-corrected chi connectivity index (χ4v) is 1.33. The number of anilines is 1. The molecule has 2 aromatic heterocycles. The van der Waals surface area contributed by atoms with Crippen molar-refractivity contribution in [3.63, 3.8) is 0 Å². The summed E-state index contributed by atoms with van der Waals surface area (Å²) >= 11 is 0. The normalized spacial score (nSPS) is 10.6. The molecule has 102 valence electrons. The standard InChI is InChI=1S/C11H8F3N3.C2H6/c12-11(13,14)9-5-4-7(6-16-9)8-2-1-3-10(15)17-8;1-2/h1-6H,(H2,15,17);1-2H3. The van der Waals surface area contributed by atoms with Gasteiger partial charge in [-0.15, -0.1) is 0 Å². The van der Waals surface area contributed by atoms with E-state index in [-0.39, 0.29) is 0 Å². The van der Waals surface area contributed by atoms with E-state index < -0.39 is 11.9 Å². The Labute approximate surface area is 109 Å². The summed E-state index contributed by atoms with van der Waals surface area (Å²) in [6.07, 6.45) is -3.30. The maximum Gasteiger partial charge on any atom is 0.433 e. The molecule has 0 aliphatic rings. The van der Waals surface area contributed by atoms with E-state index in [1.165, 1.54) is 6.07 Å². The van der Waals surface area contributed by atoms with Gasteiger partial charge in [-0.3, -0.25) is 4.98 Å². The van der Waals surface area contributed by atoms with Crippen molar-refractivity contribution in [2.75, 3.05) is 5.73 Å². The number of hydrogen-bond donors (Lipinski definition) is 1. The van der Waals surface area contributed by atoms with E-state index in [9.17, 15) is 13.2 Å². The first-order valence-electron chi connectivity index (χ1n) is 5.73. The van der Waals surface area contributed by atoms with E-state index in [1.807, 2.05) is 13.8 Å². The Balaban J connectivity index is 0.000000861. The van der Waals surface area contributed by atoms with Gasteiger partial charge in [-0.05, 0) is 24.3 Å². The number of nitrogen functional groups attached to an aromatic ring is 1. The average Bonchev–Trinajstić information content (AvgIpc) is 2.40. The van der Waals surface area contributed by atoms with Crippen LogP contribution in [0, 0.1) is 0 Å². The monoisotopic (exact) mass is 269 g/mol. The number of alkyl halides is 3. The molecular weight excluding hydrogens is 255 g/mol. The zero-order valence-electron chi connectivity index (χ0n) is 10.6. The third-order valence-corrected chi connectivity index (χ3v) is 2.12. The summed E-state index contributed by atoms with van der Waals surface area (Å²) in [5.41, 5.74) is 5.54. The van der Waals surface area contributed by atoms with Crippen molar-refractivity contribution >= 4 is 5.82 Å². The fraction of sp³-hybridized carbons (Fsp3) is 0.231. The van der Waals surface area contributed by atoms with Crippen LogP contribution in [0.3, 0.4) is 0 Å². The summed E-state index contributed by atoms with van der Waals surface area (Å²) in [6.45, 7) is 4.00. The van der Waals surface area contributed by atoms with Crippen molar-refractivity contribution in [2.45, 2.75) is 20.0 Å². The van der Waals surface area contributed by atoms with Crippen molar-refractivity contribution in [1.82, 2.24) is 9.97 Å². The molecule has 0 aliphatic heterocycles. The molecular formula is C13H14F3N3. The second kappa shape index (κ2) is 6.17. The summed E-state index contributed by atoms with van der Waals surface area (Å²) in [6, 6.07) is 7.16. The Hall–Kier alpha value is -2.11. The van der Waals surface area contributed by atoms with Crippen LogP contribution in [-0.4, -0.2) is 9.97 Å². The first-order chi connectivity index (χ1) is 8.97. The van der Waals surface area contributed by atoms with Gasteiger partial charge in [0.25, 0.3) is 0 Å². The molecule has 2 heterocycles. The average molecular weight is 269 g/mol. The van der Waals surface area contributed by atoms with Gasteiger partial charge in [-0.1, -0.05) is 19.9 Å². The van der Waals surface area contributed by atoms with E-state index in [0.717, 1.165) is 12.3 Å². The van der Waals surface area contributed by atoms with Gasteiger partial charge in [0, 0.05) is 11.8 Å². The van der Waals surface area contributed by atoms with E-state index >= 15 is 0 Å². The minimum Gasteiger partial charge on any atom is -0.384 e. The lowest BCUT2D eigenvalue weighted by molar-refractivity contribution is -0.141. The van der Waals surface area contributed by atoms with Gasteiger partial charge in [0.1, 0.15) is 11.5 Å². The summed E-state index contributed by atoms with van der Waals surface area (Å²) in [5.74, 6) is 0.308. The highest BCUT2D eigenvalue weighted by atomic mass is 19.4. The van der Waals surface area contributed by atoms with Gasteiger partial charge >= 0.3 is 6.18 Å². The quantitative estimate of drug-likeness (QED) is 0.857. The van der Waals surface area contributed by atoms with E-state index in [0.29, 0.717) is 17.1 Å². The van der Waals surface area contributed by atoms with E-state index in [4.69, 9.17) is 5.73 Å². The molecule has 0 saturated carbocycles. The maximum atomic E-state index is 12.3. The molecule has 19 heavy (non-hydrogen) atoms. The molecule has 0 saturated heterocycles. The van der Waals surface area contributed by atoms with Crippen LogP contribution in [0.1, 0.15) is 19.5 Å². The number of rotatable bonds is 1. The molecule has 0 spiro atoms. The zero-order chi connectivity index (χ0) is 14.5. The van der Waals surface area contributed by atoms with Crippen LogP contribution in [0.5, 0.6) is 0 Å². The van der Waals surface area contributed by atoms with Crippen LogP contribution in [0.2, 0.25) is 0 Å². The lowest BCUT2D eigenvalue weighted by atomic mass is 10.2. The van der Waals surface area contributed by atoms with Crippen molar-refractivity contribution in [1.29, 1.82) is 0 Å². The smallest absolute Gasteiger partial charge is 0.384 e. The molecule has 0 amide bonds. The highest BCUT2D eigenvalue weighted by Crippen LogP contribution is 2.28. The number of halogens is 3. The minimum atomic E-state index is -4.43. The highest BCUT2D eigenvalue weighted by Gasteiger charge is 2.32. The number of nitrogens with zero attached hydrogens (tertiary/aromatic N) is 2. The van der Waals surface area contributed by atoms with Gasteiger partial charge in [-0.25, -0.2) is 4.98 Å². The Morgan fingerprint density at radius 3 is 2.21 bits per heavy atom. The lowest BCUT2D eigenvalue weighted by Gasteiger charge is -2.06. The Morgan fingerprint density at radius 2 is 1.74 bits per heavy atom. The molecule has 0 radical (unpaired) electrons. The molecule has 2 N–H and O–H groups in total. The van der Waals surface area contributed by atoms with Gasteiger partial charge in [0.05, 0.1) is 5.69 Å². The second-order valence-electron chi connectivity index (χ2n) is 3.38. The van der Waals surface area contributed by atoms with Crippen LogP contribution >= 0.6 is 0 Å². The second-order valence-corrected chi connectivity index (χ2v) is 3.38. The molecule has 0 aromatic carbocycles. The van der Waals surface area contributed by atoms with E-state index in [2.05, 4.69) is 9.97 Å². The molecule has 2 rings (SSSR count). The van der Waals surface area contributed by atoms with Gasteiger partial charge in [0.2, 0.25) is 0 Å². The molecule has 3 nitrogen and oxygen atoms in total. The number of pyridine rings is 2. The summed E-state index contributed by atoms with van der Waals surface area (Å²) in [4.78, 5) is 7.34. The SMILES string of the molecule is CC.Nc1cccc(-c2ccc(C(F)(F)F)nc2)n1.